The fourth-order valence-corrected chi connectivity index (χ4v) is 1.63. The second kappa shape index (κ2) is 2.49. The van der Waals surface area contributed by atoms with E-state index in [-0.39, 0.29) is 5.41 Å². The van der Waals surface area contributed by atoms with E-state index < -0.39 is 0 Å². The zero-order valence-electron chi connectivity index (χ0n) is 7.09. The van der Waals surface area contributed by atoms with Gasteiger partial charge in [0.05, 0.1) is 0 Å². The summed E-state index contributed by atoms with van der Waals surface area (Å²) in [7, 11) is 0. The van der Waals surface area contributed by atoms with Gasteiger partial charge in [0.25, 0.3) is 0 Å². The molecular formula is C10H14N2. The molecule has 2 rings (SSSR count). The van der Waals surface area contributed by atoms with Crippen molar-refractivity contribution in [2.24, 2.45) is 5.73 Å². The van der Waals surface area contributed by atoms with E-state index in [1.807, 2.05) is 18.2 Å². The lowest BCUT2D eigenvalue weighted by atomic mass is 9.96. The number of rotatable bonds is 2. The van der Waals surface area contributed by atoms with Crippen LogP contribution in [0.1, 0.15) is 18.4 Å². The van der Waals surface area contributed by atoms with Gasteiger partial charge in [0.2, 0.25) is 0 Å². The van der Waals surface area contributed by atoms with Crippen molar-refractivity contribution in [2.45, 2.75) is 18.3 Å². The van der Waals surface area contributed by atoms with Crippen molar-refractivity contribution in [1.82, 2.24) is 0 Å². The molecule has 0 heterocycles. The van der Waals surface area contributed by atoms with E-state index in [0.29, 0.717) is 0 Å². The van der Waals surface area contributed by atoms with E-state index in [1.54, 1.807) is 0 Å². The Hall–Kier alpha value is -1.02. The van der Waals surface area contributed by atoms with Crippen molar-refractivity contribution in [3.8, 4) is 0 Å². The third kappa shape index (κ3) is 1.08. The lowest BCUT2D eigenvalue weighted by Crippen LogP contribution is -2.19. The molecule has 1 aliphatic rings. The maximum atomic E-state index is 5.71. The quantitative estimate of drug-likeness (QED) is 0.643. The van der Waals surface area contributed by atoms with E-state index in [9.17, 15) is 0 Å². The highest BCUT2D eigenvalue weighted by Gasteiger charge is 2.42. The molecule has 0 bridgehead atoms. The van der Waals surface area contributed by atoms with Crippen LogP contribution in [-0.2, 0) is 5.41 Å². The van der Waals surface area contributed by atoms with Gasteiger partial charge in [0.15, 0.2) is 0 Å². The Morgan fingerprint density at radius 1 is 1.33 bits per heavy atom. The third-order valence-corrected chi connectivity index (χ3v) is 2.74. The normalized spacial score (nSPS) is 19.1. The lowest BCUT2D eigenvalue weighted by molar-refractivity contribution is 0.705. The van der Waals surface area contributed by atoms with E-state index in [2.05, 4.69) is 6.07 Å². The van der Waals surface area contributed by atoms with Crippen molar-refractivity contribution < 1.29 is 0 Å². The van der Waals surface area contributed by atoms with Gasteiger partial charge in [-0.3, -0.25) is 0 Å². The number of hydrogen-bond donors (Lipinski definition) is 2. The summed E-state index contributed by atoms with van der Waals surface area (Å²) >= 11 is 0. The highest BCUT2D eigenvalue weighted by atomic mass is 14.7. The highest BCUT2D eigenvalue weighted by Crippen LogP contribution is 2.47. The molecule has 64 valence electrons. The second-order valence-corrected chi connectivity index (χ2v) is 3.61. The summed E-state index contributed by atoms with van der Waals surface area (Å²) in [5, 5.41) is 0. The van der Waals surface area contributed by atoms with Crippen LogP contribution >= 0.6 is 0 Å². The van der Waals surface area contributed by atoms with Gasteiger partial charge in [-0.05, 0) is 30.5 Å². The Bertz CT molecular complexity index is 290. The minimum absolute atomic E-state index is 0.273. The molecule has 0 aromatic heterocycles. The van der Waals surface area contributed by atoms with E-state index in [4.69, 9.17) is 11.5 Å². The van der Waals surface area contributed by atoms with Crippen LogP contribution in [0.2, 0.25) is 0 Å². The number of nitrogen functional groups attached to an aromatic ring is 1. The van der Waals surface area contributed by atoms with E-state index in [0.717, 1.165) is 12.2 Å². The Balaban J connectivity index is 2.34. The van der Waals surface area contributed by atoms with Gasteiger partial charge in [-0.1, -0.05) is 12.1 Å². The van der Waals surface area contributed by atoms with Gasteiger partial charge >= 0.3 is 0 Å². The first kappa shape index (κ1) is 7.62. The molecule has 1 aliphatic carbocycles. The standard InChI is InChI=1S/C10H14N2/c11-7-10(4-5-10)8-2-1-3-9(12)6-8/h1-3,6H,4-5,7,11-12H2. The summed E-state index contributed by atoms with van der Waals surface area (Å²) in [4.78, 5) is 0. The molecule has 0 aliphatic heterocycles. The largest absolute Gasteiger partial charge is 0.399 e. The Kier molecular flexibility index (Phi) is 1.58. The number of anilines is 1. The topological polar surface area (TPSA) is 52.0 Å². The average Bonchev–Trinajstić information content (AvgIpc) is 2.84. The van der Waals surface area contributed by atoms with Gasteiger partial charge in [0.1, 0.15) is 0 Å². The third-order valence-electron chi connectivity index (χ3n) is 2.74. The van der Waals surface area contributed by atoms with Gasteiger partial charge in [-0.15, -0.1) is 0 Å². The molecule has 1 fully saturated rings. The summed E-state index contributed by atoms with van der Waals surface area (Å²) in [6.45, 7) is 0.746. The fourth-order valence-electron chi connectivity index (χ4n) is 1.63. The maximum absolute atomic E-state index is 5.71. The molecule has 0 unspecified atom stereocenters. The van der Waals surface area contributed by atoms with Gasteiger partial charge < -0.3 is 11.5 Å². The Labute approximate surface area is 72.6 Å². The summed E-state index contributed by atoms with van der Waals surface area (Å²) in [6.07, 6.45) is 2.43. The molecule has 0 atom stereocenters. The molecule has 1 aromatic carbocycles. The molecule has 2 nitrogen and oxygen atoms in total. The van der Waals surface area contributed by atoms with Crippen LogP contribution in [0.15, 0.2) is 24.3 Å². The number of benzene rings is 1. The van der Waals surface area contributed by atoms with Gasteiger partial charge in [-0.2, -0.15) is 0 Å². The first-order chi connectivity index (χ1) is 5.77. The Morgan fingerprint density at radius 3 is 2.58 bits per heavy atom. The van der Waals surface area contributed by atoms with Crippen LogP contribution in [0.25, 0.3) is 0 Å². The molecule has 1 aromatic rings. The molecule has 0 radical (unpaired) electrons. The van der Waals surface area contributed by atoms with Crippen LogP contribution in [-0.4, -0.2) is 6.54 Å². The fraction of sp³-hybridized carbons (Fsp3) is 0.400. The number of nitrogens with two attached hydrogens (primary N) is 2. The molecule has 0 saturated heterocycles. The molecular weight excluding hydrogens is 148 g/mol. The zero-order chi connectivity index (χ0) is 8.60. The minimum atomic E-state index is 0.273. The van der Waals surface area contributed by atoms with Crippen LogP contribution in [0.3, 0.4) is 0 Å². The van der Waals surface area contributed by atoms with Crippen molar-refractivity contribution in [2.75, 3.05) is 12.3 Å². The second-order valence-electron chi connectivity index (χ2n) is 3.61. The highest BCUT2D eigenvalue weighted by molar-refractivity contribution is 5.45. The maximum Gasteiger partial charge on any atom is 0.0316 e. The van der Waals surface area contributed by atoms with Crippen molar-refractivity contribution in [3.05, 3.63) is 29.8 Å². The van der Waals surface area contributed by atoms with Crippen LogP contribution in [0.5, 0.6) is 0 Å². The first-order valence-electron chi connectivity index (χ1n) is 4.33. The van der Waals surface area contributed by atoms with E-state index >= 15 is 0 Å². The van der Waals surface area contributed by atoms with Gasteiger partial charge in [-0.25, -0.2) is 0 Å². The molecule has 0 amide bonds. The summed E-state index contributed by atoms with van der Waals surface area (Å²) in [5.41, 5.74) is 13.8. The minimum Gasteiger partial charge on any atom is -0.399 e. The van der Waals surface area contributed by atoms with Crippen molar-refractivity contribution >= 4 is 5.69 Å². The smallest absolute Gasteiger partial charge is 0.0316 e. The summed E-state index contributed by atoms with van der Waals surface area (Å²) in [6, 6.07) is 8.08. The number of hydrogen-bond acceptors (Lipinski definition) is 2. The van der Waals surface area contributed by atoms with E-state index in [1.165, 1.54) is 18.4 Å². The Morgan fingerprint density at radius 2 is 2.08 bits per heavy atom. The monoisotopic (exact) mass is 162 g/mol. The van der Waals surface area contributed by atoms with Crippen molar-refractivity contribution in [3.63, 3.8) is 0 Å². The molecule has 4 N–H and O–H groups in total. The molecule has 1 saturated carbocycles. The molecule has 2 heteroatoms. The molecule has 12 heavy (non-hydrogen) atoms. The first-order valence-corrected chi connectivity index (χ1v) is 4.33. The van der Waals surface area contributed by atoms with Gasteiger partial charge in [0, 0.05) is 17.6 Å². The predicted molar refractivity (Wildman–Crippen MR) is 50.8 cm³/mol. The van der Waals surface area contributed by atoms with Crippen molar-refractivity contribution in [1.29, 1.82) is 0 Å². The predicted octanol–water partition coefficient (Wildman–Crippen LogP) is 1.26. The molecule has 0 spiro atoms. The SMILES string of the molecule is NCC1(c2cccc(N)c2)CC1. The summed E-state index contributed by atoms with van der Waals surface area (Å²) in [5.74, 6) is 0. The van der Waals surface area contributed by atoms with Crippen LogP contribution in [0, 0.1) is 0 Å². The zero-order valence-corrected chi connectivity index (χ0v) is 7.09. The lowest BCUT2D eigenvalue weighted by Gasteiger charge is -2.12. The van der Waals surface area contributed by atoms with Crippen LogP contribution in [0.4, 0.5) is 5.69 Å². The van der Waals surface area contributed by atoms with Crippen LogP contribution < -0.4 is 11.5 Å². The average molecular weight is 162 g/mol. The summed E-state index contributed by atoms with van der Waals surface area (Å²) < 4.78 is 0.